The number of hydrogen-bond donors (Lipinski definition) is 1. The highest BCUT2D eigenvalue weighted by Gasteiger charge is 2.24. The Morgan fingerprint density at radius 2 is 2.29 bits per heavy atom. The molecule has 0 spiro atoms. The molecule has 1 rings (SSSR count). The first kappa shape index (κ1) is 5.10. The number of rotatable bonds is 1. The fourth-order valence-corrected chi connectivity index (χ4v) is 1.09. The van der Waals surface area contributed by atoms with Crippen molar-refractivity contribution in [2.75, 3.05) is 6.54 Å². The summed E-state index contributed by atoms with van der Waals surface area (Å²) in [7, 11) is 0. The molecule has 42 valence electrons. The molecule has 1 aliphatic rings. The van der Waals surface area contributed by atoms with Gasteiger partial charge in [-0.1, -0.05) is 13.3 Å². The van der Waals surface area contributed by atoms with Gasteiger partial charge in [0.2, 0.25) is 0 Å². The summed E-state index contributed by atoms with van der Waals surface area (Å²) >= 11 is 0. The molecule has 0 heterocycles. The molecule has 1 fully saturated rings. The third-order valence-corrected chi connectivity index (χ3v) is 2.10. The van der Waals surface area contributed by atoms with Crippen LogP contribution in [0.1, 0.15) is 19.8 Å². The zero-order valence-corrected chi connectivity index (χ0v) is 4.85. The van der Waals surface area contributed by atoms with Crippen molar-refractivity contribution >= 4 is 0 Å². The SMILES string of the molecule is CC1CCC1CN. The van der Waals surface area contributed by atoms with Crippen molar-refractivity contribution in [1.29, 1.82) is 0 Å². The molecule has 2 N–H and O–H groups in total. The van der Waals surface area contributed by atoms with Crippen LogP contribution in [0.4, 0.5) is 0 Å². The van der Waals surface area contributed by atoms with Crippen molar-refractivity contribution in [2.45, 2.75) is 19.8 Å². The van der Waals surface area contributed by atoms with Crippen molar-refractivity contribution in [2.24, 2.45) is 17.6 Å². The molecule has 0 radical (unpaired) electrons. The fraction of sp³-hybridized carbons (Fsp3) is 1.00. The average Bonchev–Trinajstić information content (AvgIpc) is 1.65. The van der Waals surface area contributed by atoms with Gasteiger partial charge in [-0.15, -0.1) is 0 Å². The molecule has 2 atom stereocenters. The van der Waals surface area contributed by atoms with Crippen LogP contribution in [0.2, 0.25) is 0 Å². The Balaban J connectivity index is 2.16. The van der Waals surface area contributed by atoms with Crippen molar-refractivity contribution in [1.82, 2.24) is 0 Å². The molecular weight excluding hydrogens is 86.1 g/mol. The Bertz CT molecular complexity index is 59.2. The second-order valence-electron chi connectivity index (χ2n) is 2.55. The van der Waals surface area contributed by atoms with E-state index in [1.165, 1.54) is 12.8 Å². The minimum Gasteiger partial charge on any atom is -0.330 e. The van der Waals surface area contributed by atoms with E-state index in [1.54, 1.807) is 0 Å². The quantitative estimate of drug-likeness (QED) is 0.521. The van der Waals surface area contributed by atoms with Crippen LogP contribution >= 0.6 is 0 Å². The Hall–Kier alpha value is -0.0400. The molecule has 0 aliphatic heterocycles. The zero-order chi connectivity index (χ0) is 5.28. The van der Waals surface area contributed by atoms with E-state index in [9.17, 15) is 0 Å². The lowest BCUT2D eigenvalue weighted by Gasteiger charge is -2.32. The van der Waals surface area contributed by atoms with E-state index in [2.05, 4.69) is 6.92 Å². The highest BCUT2D eigenvalue weighted by atomic mass is 14.6. The third kappa shape index (κ3) is 0.778. The van der Waals surface area contributed by atoms with Crippen LogP contribution < -0.4 is 5.73 Å². The molecule has 0 aromatic heterocycles. The molecule has 0 aromatic carbocycles. The van der Waals surface area contributed by atoms with Crippen LogP contribution in [0.5, 0.6) is 0 Å². The molecule has 0 saturated heterocycles. The molecule has 7 heavy (non-hydrogen) atoms. The van der Waals surface area contributed by atoms with Crippen LogP contribution in [-0.2, 0) is 0 Å². The molecule has 1 saturated carbocycles. The van der Waals surface area contributed by atoms with Crippen LogP contribution in [0.25, 0.3) is 0 Å². The normalized spacial score (nSPS) is 40.3. The van der Waals surface area contributed by atoms with E-state index in [4.69, 9.17) is 5.73 Å². The zero-order valence-electron chi connectivity index (χ0n) is 4.85. The predicted molar refractivity (Wildman–Crippen MR) is 30.9 cm³/mol. The van der Waals surface area contributed by atoms with Gasteiger partial charge >= 0.3 is 0 Å². The second kappa shape index (κ2) is 1.83. The van der Waals surface area contributed by atoms with Crippen molar-refractivity contribution in [3.8, 4) is 0 Å². The van der Waals surface area contributed by atoms with E-state index >= 15 is 0 Å². The van der Waals surface area contributed by atoms with Gasteiger partial charge in [-0.25, -0.2) is 0 Å². The van der Waals surface area contributed by atoms with Gasteiger partial charge in [0.05, 0.1) is 0 Å². The molecule has 1 aliphatic carbocycles. The van der Waals surface area contributed by atoms with Gasteiger partial charge < -0.3 is 5.73 Å². The minimum atomic E-state index is 0.861. The maximum absolute atomic E-state index is 5.42. The van der Waals surface area contributed by atoms with E-state index in [-0.39, 0.29) is 0 Å². The topological polar surface area (TPSA) is 26.0 Å². The lowest BCUT2D eigenvalue weighted by atomic mass is 9.75. The van der Waals surface area contributed by atoms with Crippen LogP contribution in [0, 0.1) is 11.8 Å². The maximum atomic E-state index is 5.42. The predicted octanol–water partition coefficient (Wildman–Crippen LogP) is 0.991. The van der Waals surface area contributed by atoms with Gasteiger partial charge in [0.15, 0.2) is 0 Å². The minimum absolute atomic E-state index is 0.861. The second-order valence-corrected chi connectivity index (χ2v) is 2.55. The summed E-state index contributed by atoms with van der Waals surface area (Å²) in [5, 5.41) is 0. The highest BCUT2D eigenvalue weighted by Crippen LogP contribution is 2.31. The summed E-state index contributed by atoms with van der Waals surface area (Å²) in [5.41, 5.74) is 5.42. The molecular formula is C6H13N. The summed E-state index contributed by atoms with van der Waals surface area (Å²) in [5.74, 6) is 1.78. The average molecular weight is 99.2 g/mol. The Morgan fingerprint density at radius 3 is 2.29 bits per heavy atom. The van der Waals surface area contributed by atoms with Crippen molar-refractivity contribution in [3.63, 3.8) is 0 Å². The first-order valence-corrected chi connectivity index (χ1v) is 3.04. The van der Waals surface area contributed by atoms with Gasteiger partial charge in [-0.3, -0.25) is 0 Å². The van der Waals surface area contributed by atoms with Gasteiger partial charge in [0, 0.05) is 0 Å². The first-order chi connectivity index (χ1) is 3.34. The van der Waals surface area contributed by atoms with Gasteiger partial charge in [0.25, 0.3) is 0 Å². The summed E-state index contributed by atoms with van der Waals surface area (Å²) in [6.07, 6.45) is 2.78. The highest BCUT2D eigenvalue weighted by molar-refractivity contribution is 4.77. The van der Waals surface area contributed by atoms with E-state index < -0.39 is 0 Å². The molecule has 0 aromatic rings. The van der Waals surface area contributed by atoms with Crippen LogP contribution in [0.3, 0.4) is 0 Å². The van der Waals surface area contributed by atoms with E-state index in [0.29, 0.717) is 0 Å². The fourth-order valence-electron chi connectivity index (χ4n) is 1.09. The van der Waals surface area contributed by atoms with Gasteiger partial charge in [-0.05, 0) is 24.8 Å². The van der Waals surface area contributed by atoms with E-state index in [0.717, 1.165) is 18.4 Å². The standard InChI is InChI=1S/C6H13N/c1-5-2-3-6(5)4-7/h5-6H,2-4,7H2,1H3. The van der Waals surface area contributed by atoms with Gasteiger partial charge in [0.1, 0.15) is 0 Å². The number of hydrogen-bond acceptors (Lipinski definition) is 1. The summed E-state index contributed by atoms with van der Waals surface area (Å²) < 4.78 is 0. The molecule has 0 bridgehead atoms. The maximum Gasteiger partial charge on any atom is -0.00463 e. The molecule has 1 heteroatoms. The largest absolute Gasteiger partial charge is 0.330 e. The lowest BCUT2D eigenvalue weighted by Crippen LogP contribution is -2.29. The summed E-state index contributed by atoms with van der Waals surface area (Å²) in [6.45, 7) is 3.18. The van der Waals surface area contributed by atoms with Crippen LogP contribution in [0.15, 0.2) is 0 Å². The third-order valence-electron chi connectivity index (χ3n) is 2.10. The number of nitrogens with two attached hydrogens (primary N) is 1. The van der Waals surface area contributed by atoms with E-state index in [1.807, 2.05) is 0 Å². The summed E-state index contributed by atoms with van der Waals surface area (Å²) in [6, 6.07) is 0. The van der Waals surface area contributed by atoms with Crippen LogP contribution in [-0.4, -0.2) is 6.54 Å². The molecule has 1 nitrogen and oxygen atoms in total. The first-order valence-electron chi connectivity index (χ1n) is 3.04. The Kier molecular flexibility index (Phi) is 1.33. The summed E-state index contributed by atoms with van der Waals surface area (Å²) in [4.78, 5) is 0. The molecule has 2 unspecified atom stereocenters. The van der Waals surface area contributed by atoms with Crippen molar-refractivity contribution < 1.29 is 0 Å². The monoisotopic (exact) mass is 99.1 g/mol. The Morgan fingerprint density at radius 1 is 1.57 bits per heavy atom. The van der Waals surface area contributed by atoms with Gasteiger partial charge in [-0.2, -0.15) is 0 Å². The Labute approximate surface area is 44.9 Å². The van der Waals surface area contributed by atoms with Crippen molar-refractivity contribution in [3.05, 3.63) is 0 Å². The lowest BCUT2D eigenvalue weighted by molar-refractivity contribution is 0.205. The smallest absolute Gasteiger partial charge is 0.00463 e. The molecule has 0 amide bonds.